The highest BCUT2D eigenvalue weighted by Crippen LogP contribution is 2.43. The predicted molar refractivity (Wildman–Crippen MR) is 270 cm³/mol. The Balaban J connectivity index is 4.09. The number of carbonyl (C=O) groups is 1. The third-order valence-electron chi connectivity index (χ3n) is 11.4. The predicted octanol–water partition coefficient (Wildman–Crippen LogP) is 16.3. The molecule has 0 bridgehead atoms. The largest absolute Gasteiger partial charge is 0.472 e. The Labute approximate surface area is 390 Å². The molecule has 0 saturated heterocycles. The summed E-state index contributed by atoms with van der Waals surface area (Å²) < 4.78 is 35.1. The third kappa shape index (κ3) is 51.3. The SMILES string of the molecule is CCCCCCC/C=C\C/C=C\C/C=C\CCCCCCCCCCCCCOCC(COP(=O)(O)OCC[N+](C)(C)C)OC(=O)CCCCCCC/C=C\CCCCCCCC. The molecule has 0 aromatic heterocycles. The van der Waals surface area contributed by atoms with E-state index in [0.717, 1.165) is 57.8 Å². The van der Waals surface area contributed by atoms with E-state index in [1.807, 2.05) is 21.1 Å². The number of likely N-dealkylation sites (N-methyl/N-ethyl adjacent to an activating group) is 1. The standard InChI is InChI=1S/C54H102NO7P/c1-6-8-10-12-14-16-18-20-22-23-24-25-26-27-28-29-30-31-32-34-36-38-40-42-44-46-49-59-51-53(52-61-63(57,58)60-50-48-55(3,4)5)62-54(56)47-45-43-41-39-37-35-33-21-19-17-15-13-11-9-7-2/h18,20-21,23-24,26-27,33,53H,6-17,19,22,25,28-32,34-52H2,1-5H3/p+1/b20-18-,24-23-,27-26-,33-21-. The molecule has 0 amide bonds. The number of ether oxygens (including phenoxy) is 2. The first-order valence-corrected chi connectivity index (χ1v) is 27.9. The fraction of sp³-hybridized carbons (Fsp3) is 0.833. The number of hydrogen-bond acceptors (Lipinski definition) is 6. The molecule has 370 valence electrons. The molecule has 0 rings (SSSR count). The van der Waals surface area contributed by atoms with Crippen molar-refractivity contribution in [3.8, 4) is 0 Å². The number of hydrogen-bond donors (Lipinski definition) is 1. The van der Waals surface area contributed by atoms with Gasteiger partial charge in [-0.25, -0.2) is 4.57 Å². The summed E-state index contributed by atoms with van der Waals surface area (Å²) in [6.07, 6.45) is 58.7. The Morgan fingerprint density at radius 1 is 0.492 bits per heavy atom. The lowest BCUT2D eigenvalue weighted by molar-refractivity contribution is -0.870. The van der Waals surface area contributed by atoms with Crippen LogP contribution in [0, 0.1) is 0 Å². The molecule has 0 aromatic rings. The zero-order valence-corrected chi connectivity index (χ0v) is 43.0. The van der Waals surface area contributed by atoms with Crippen molar-refractivity contribution < 1.29 is 37.3 Å². The number of rotatable bonds is 49. The highest BCUT2D eigenvalue weighted by molar-refractivity contribution is 7.47. The van der Waals surface area contributed by atoms with Crippen molar-refractivity contribution in [2.24, 2.45) is 0 Å². The van der Waals surface area contributed by atoms with Gasteiger partial charge in [0.2, 0.25) is 0 Å². The number of phosphoric acid groups is 1. The number of carbonyl (C=O) groups excluding carboxylic acids is 1. The fourth-order valence-corrected chi connectivity index (χ4v) is 8.00. The van der Waals surface area contributed by atoms with Crippen molar-refractivity contribution in [3.63, 3.8) is 0 Å². The summed E-state index contributed by atoms with van der Waals surface area (Å²) in [5.74, 6) is -0.322. The Morgan fingerprint density at radius 2 is 0.873 bits per heavy atom. The van der Waals surface area contributed by atoms with Gasteiger partial charge in [-0.3, -0.25) is 13.8 Å². The molecule has 0 aliphatic heterocycles. The third-order valence-corrected chi connectivity index (χ3v) is 12.3. The molecule has 9 heteroatoms. The van der Waals surface area contributed by atoms with Crippen molar-refractivity contribution in [1.29, 1.82) is 0 Å². The molecular formula is C54H103NO7P+. The zero-order valence-electron chi connectivity index (χ0n) is 42.1. The zero-order chi connectivity index (χ0) is 46.2. The van der Waals surface area contributed by atoms with Crippen molar-refractivity contribution in [3.05, 3.63) is 48.6 Å². The van der Waals surface area contributed by atoms with Crippen LogP contribution in [-0.4, -0.2) is 75.6 Å². The van der Waals surface area contributed by atoms with Gasteiger partial charge in [-0.15, -0.1) is 0 Å². The highest BCUT2D eigenvalue weighted by Gasteiger charge is 2.26. The maximum Gasteiger partial charge on any atom is 0.472 e. The molecule has 0 heterocycles. The van der Waals surface area contributed by atoms with Gasteiger partial charge in [0, 0.05) is 13.0 Å². The molecule has 1 N–H and O–H groups in total. The van der Waals surface area contributed by atoms with Crippen LogP contribution in [0.25, 0.3) is 0 Å². The van der Waals surface area contributed by atoms with Crippen molar-refractivity contribution >= 4 is 13.8 Å². The summed E-state index contributed by atoms with van der Waals surface area (Å²) in [5.41, 5.74) is 0. The Morgan fingerprint density at radius 3 is 1.32 bits per heavy atom. The van der Waals surface area contributed by atoms with Gasteiger partial charge in [0.15, 0.2) is 0 Å². The van der Waals surface area contributed by atoms with Crippen LogP contribution < -0.4 is 0 Å². The van der Waals surface area contributed by atoms with Gasteiger partial charge >= 0.3 is 13.8 Å². The van der Waals surface area contributed by atoms with E-state index in [0.29, 0.717) is 24.1 Å². The van der Waals surface area contributed by atoms with Gasteiger partial charge in [-0.05, 0) is 77.0 Å². The first-order valence-electron chi connectivity index (χ1n) is 26.4. The smallest absolute Gasteiger partial charge is 0.457 e. The average molecular weight is 909 g/mol. The number of quaternary nitrogens is 1. The van der Waals surface area contributed by atoms with Crippen LogP contribution in [0.4, 0.5) is 0 Å². The van der Waals surface area contributed by atoms with Gasteiger partial charge in [-0.2, -0.15) is 0 Å². The molecule has 2 unspecified atom stereocenters. The Bertz CT molecular complexity index is 1150. The van der Waals surface area contributed by atoms with E-state index in [2.05, 4.69) is 62.5 Å². The monoisotopic (exact) mass is 909 g/mol. The van der Waals surface area contributed by atoms with E-state index in [-0.39, 0.29) is 25.8 Å². The van der Waals surface area contributed by atoms with Gasteiger partial charge in [0.05, 0.1) is 34.4 Å². The van der Waals surface area contributed by atoms with Crippen molar-refractivity contribution in [1.82, 2.24) is 0 Å². The van der Waals surface area contributed by atoms with E-state index in [9.17, 15) is 14.3 Å². The quantitative estimate of drug-likeness (QED) is 0.0214. The van der Waals surface area contributed by atoms with Gasteiger partial charge < -0.3 is 18.9 Å². The number of nitrogens with zero attached hydrogens (tertiary/aromatic N) is 1. The van der Waals surface area contributed by atoms with Crippen LogP contribution in [0.5, 0.6) is 0 Å². The topological polar surface area (TPSA) is 91.3 Å². The molecule has 0 aromatic carbocycles. The minimum Gasteiger partial charge on any atom is -0.457 e. The molecule has 8 nitrogen and oxygen atoms in total. The first kappa shape index (κ1) is 61.5. The molecule has 0 aliphatic rings. The number of esters is 1. The minimum absolute atomic E-state index is 0.0858. The summed E-state index contributed by atoms with van der Waals surface area (Å²) in [7, 11) is 1.66. The molecule has 0 fully saturated rings. The fourth-order valence-electron chi connectivity index (χ4n) is 7.26. The Kier molecular flexibility index (Phi) is 45.8. The van der Waals surface area contributed by atoms with E-state index in [1.165, 1.54) is 154 Å². The van der Waals surface area contributed by atoms with Gasteiger partial charge in [0.1, 0.15) is 19.3 Å². The van der Waals surface area contributed by atoms with Gasteiger partial charge in [-0.1, -0.05) is 197 Å². The maximum absolute atomic E-state index is 12.7. The molecule has 2 atom stereocenters. The molecule has 63 heavy (non-hydrogen) atoms. The van der Waals surface area contributed by atoms with Crippen LogP contribution in [-0.2, 0) is 27.9 Å². The van der Waals surface area contributed by atoms with Crippen LogP contribution in [0.2, 0.25) is 0 Å². The van der Waals surface area contributed by atoms with E-state index < -0.39 is 13.9 Å². The summed E-state index contributed by atoms with van der Waals surface area (Å²) in [6.45, 7) is 5.61. The molecular weight excluding hydrogens is 806 g/mol. The molecule has 0 radical (unpaired) electrons. The van der Waals surface area contributed by atoms with Crippen molar-refractivity contribution in [2.75, 3.05) is 54.1 Å². The lowest BCUT2D eigenvalue weighted by Crippen LogP contribution is -2.37. The Hall–Kier alpha value is -1.54. The summed E-state index contributed by atoms with van der Waals surface area (Å²) in [4.78, 5) is 23.0. The van der Waals surface area contributed by atoms with E-state index >= 15 is 0 Å². The van der Waals surface area contributed by atoms with Gasteiger partial charge in [0.25, 0.3) is 0 Å². The van der Waals surface area contributed by atoms with E-state index in [1.54, 1.807) is 0 Å². The molecule has 0 aliphatic carbocycles. The van der Waals surface area contributed by atoms with Crippen LogP contribution in [0.3, 0.4) is 0 Å². The van der Waals surface area contributed by atoms with Crippen molar-refractivity contribution in [2.45, 2.75) is 238 Å². The second-order valence-corrected chi connectivity index (χ2v) is 20.4. The first-order chi connectivity index (χ1) is 30.6. The second-order valence-electron chi connectivity index (χ2n) is 18.9. The highest BCUT2D eigenvalue weighted by atomic mass is 31.2. The van der Waals surface area contributed by atoms with Crippen LogP contribution in [0.15, 0.2) is 48.6 Å². The summed E-state index contributed by atoms with van der Waals surface area (Å²) in [5, 5.41) is 0. The second kappa shape index (κ2) is 47.0. The summed E-state index contributed by atoms with van der Waals surface area (Å²) >= 11 is 0. The lowest BCUT2D eigenvalue weighted by atomic mass is 10.1. The number of allylic oxidation sites excluding steroid dienone is 8. The summed E-state index contributed by atoms with van der Waals surface area (Å²) in [6, 6.07) is 0. The van der Waals surface area contributed by atoms with E-state index in [4.69, 9.17) is 18.5 Å². The minimum atomic E-state index is -4.28. The molecule has 0 spiro atoms. The molecule has 0 saturated carbocycles. The normalized spacial score (nSPS) is 13.9. The number of unbranched alkanes of at least 4 members (excludes halogenated alkanes) is 27. The number of phosphoric ester groups is 1. The van der Waals surface area contributed by atoms with Crippen LogP contribution in [0.1, 0.15) is 232 Å². The van der Waals surface area contributed by atoms with Crippen LogP contribution >= 0.6 is 7.82 Å². The average Bonchev–Trinajstić information content (AvgIpc) is 3.24. The lowest BCUT2D eigenvalue weighted by Gasteiger charge is -2.24. The maximum atomic E-state index is 12.7.